The molecule has 0 radical (unpaired) electrons. The molecule has 1 atom stereocenters. The fourth-order valence-electron chi connectivity index (χ4n) is 1.47. The van der Waals surface area contributed by atoms with E-state index in [4.69, 9.17) is 23.2 Å². The Labute approximate surface area is 121 Å². The number of halogens is 4. The zero-order chi connectivity index (χ0) is 12.6. The van der Waals surface area contributed by atoms with Crippen LogP contribution in [0.15, 0.2) is 28.7 Å². The van der Waals surface area contributed by atoms with E-state index in [2.05, 4.69) is 15.9 Å². The van der Waals surface area contributed by atoms with Crippen molar-refractivity contribution in [3.05, 3.63) is 54.9 Å². The molecule has 90 valence electrons. The molecule has 0 saturated carbocycles. The molecule has 1 unspecified atom stereocenters. The first-order valence-corrected chi connectivity index (χ1v) is 7.26. The maximum atomic E-state index is 13.8. The van der Waals surface area contributed by atoms with Crippen LogP contribution in [0.3, 0.4) is 0 Å². The zero-order valence-electron chi connectivity index (χ0n) is 8.81. The molecule has 1 aromatic heterocycles. The minimum Gasteiger partial charge on any atom is -0.207 e. The summed E-state index contributed by atoms with van der Waals surface area (Å²) in [7, 11) is 0. The largest absolute Gasteiger partial charge is 0.207 e. The van der Waals surface area contributed by atoms with Gasteiger partial charge in [0, 0.05) is 14.9 Å². The Bertz CT molecular complexity index is 534. The summed E-state index contributed by atoms with van der Waals surface area (Å²) in [6.07, 6.45) is 0. The van der Waals surface area contributed by atoms with Crippen LogP contribution in [0.4, 0.5) is 4.39 Å². The van der Waals surface area contributed by atoms with Gasteiger partial charge >= 0.3 is 0 Å². The minimum atomic E-state index is -0.501. The number of hydrogen-bond donors (Lipinski definition) is 0. The summed E-state index contributed by atoms with van der Waals surface area (Å²) in [5, 5.41) is -0.501. The van der Waals surface area contributed by atoms with E-state index in [1.807, 2.05) is 13.0 Å². The Kier molecular flexibility index (Phi) is 4.14. The molecule has 17 heavy (non-hydrogen) atoms. The van der Waals surface area contributed by atoms with Crippen LogP contribution in [0.5, 0.6) is 0 Å². The van der Waals surface area contributed by atoms with Crippen LogP contribution >= 0.6 is 50.5 Å². The lowest BCUT2D eigenvalue weighted by atomic mass is 10.1. The highest BCUT2D eigenvalue weighted by molar-refractivity contribution is 9.10. The van der Waals surface area contributed by atoms with E-state index in [-0.39, 0.29) is 5.82 Å². The van der Waals surface area contributed by atoms with Crippen molar-refractivity contribution in [1.29, 1.82) is 0 Å². The topological polar surface area (TPSA) is 0 Å². The van der Waals surface area contributed by atoms with Crippen molar-refractivity contribution in [3.8, 4) is 0 Å². The van der Waals surface area contributed by atoms with E-state index in [0.29, 0.717) is 14.4 Å². The third-order valence-corrected chi connectivity index (χ3v) is 5.07. The maximum Gasteiger partial charge on any atom is 0.129 e. The second kappa shape index (κ2) is 5.27. The predicted molar refractivity (Wildman–Crippen MR) is 75.9 cm³/mol. The van der Waals surface area contributed by atoms with Crippen molar-refractivity contribution in [2.75, 3.05) is 0 Å². The maximum absolute atomic E-state index is 13.8. The standard InChI is InChI=1S/C12H8BrCl2FS/c1-6-4-10(17-12(6)15)11(14)8-3-2-7(13)5-9(8)16/h2-5,11H,1H3. The molecule has 0 aliphatic heterocycles. The number of alkyl halides is 1. The lowest BCUT2D eigenvalue weighted by Crippen LogP contribution is -1.94. The summed E-state index contributed by atoms with van der Waals surface area (Å²) in [4.78, 5) is 0.857. The average molecular weight is 354 g/mol. The molecule has 0 aliphatic rings. The molecule has 2 rings (SSSR count). The average Bonchev–Trinajstić information content (AvgIpc) is 2.58. The number of hydrogen-bond acceptors (Lipinski definition) is 1. The Balaban J connectivity index is 2.39. The fourth-order valence-corrected chi connectivity index (χ4v) is 3.39. The van der Waals surface area contributed by atoms with Gasteiger partial charge in [0.05, 0.1) is 9.71 Å². The molecule has 2 aromatic rings. The highest BCUT2D eigenvalue weighted by Crippen LogP contribution is 2.38. The van der Waals surface area contributed by atoms with Crippen LogP contribution in [0.1, 0.15) is 21.4 Å². The van der Waals surface area contributed by atoms with E-state index < -0.39 is 5.38 Å². The summed E-state index contributed by atoms with van der Waals surface area (Å²) >= 11 is 16.9. The van der Waals surface area contributed by atoms with E-state index in [1.54, 1.807) is 12.1 Å². The molecule has 0 bridgehead atoms. The Morgan fingerprint density at radius 1 is 1.35 bits per heavy atom. The molecular formula is C12H8BrCl2FS. The zero-order valence-corrected chi connectivity index (χ0v) is 12.7. The first-order chi connectivity index (χ1) is 7.99. The van der Waals surface area contributed by atoms with Gasteiger partial charge in [-0.3, -0.25) is 0 Å². The second-order valence-corrected chi connectivity index (χ2v) is 6.67. The third kappa shape index (κ3) is 2.84. The fraction of sp³-hybridized carbons (Fsp3) is 0.167. The van der Waals surface area contributed by atoms with Gasteiger partial charge in [0.1, 0.15) is 5.82 Å². The van der Waals surface area contributed by atoms with Gasteiger partial charge in [0.25, 0.3) is 0 Å². The van der Waals surface area contributed by atoms with E-state index in [9.17, 15) is 4.39 Å². The van der Waals surface area contributed by atoms with Crippen LogP contribution in [0.25, 0.3) is 0 Å². The van der Waals surface area contributed by atoms with Crippen molar-refractivity contribution in [3.63, 3.8) is 0 Å². The summed E-state index contributed by atoms with van der Waals surface area (Å²) in [6.45, 7) is 1.91. The van der Waals surface area contributed by atoms with Crippen LogP contribution in [-0.2, 0) is 0 Å². The van der Waals surface area contributed by atoms with Crippen LogP contribution < -0.4 is 0 Å². The van der Waals surface area contributed by atoms with Gasteiger partial charge in [0.2, 0.25) is 0 Å². The normalized spacial score (nSPS) is 12.8. The molecular weight excluding hydrogens is 346 g/mol. The van der Waals surface area contributed by atoms with E-state index in [1.165, 1.54) is 17.4 Å². The van der Waals surface area contributed by atoms with Gasteiger partial charge in [-0.1, -0.05) is 33.6 Å². The van der Waals surface area contributed by atoms with E-state index >= 15 is 0 Å². The molecule has 1 heterocycles. The Morgan fingerprint density at radius 3 is 2.59 bits per heavy atom. The minimum absolute atomic E-state index is 0.318. The molecule has 5 heteroatoms. The number of rotatable bonds is 2. The van der Waals surface area contributed by atoms with Gasteiger partial charge in [-0.2, -0.15) is 0 Å². The summed E-state index contributed by atoms with van der Waals surface area (Å²) in [6, 6.07) is 6.76. The first kappa shape index (κ1) is 13.3. The van der Waals surface area contributed by atoms with Gasteiger partial charge in [-0.15, -0.1) is 22.9 Å². The quantitative estimate of drug-likeness (QED) is 0.586. The predicted octanol–water partition coefficient (Wildman–Crippen LogP) is 5.94. The van der Waals surface area contributed by atoms with E-state index in [0.717, 1.165) is 10.4 Å². The van der Waals surface area contributed by atoms with Gasteiger partial charge in [0.15, 0.2) is 0 Å². The molecule has 0 spiro atoms. The molecule has 0 saturated heterocycles. The third-order valence-electron chi connectivity index (χ3n) is 2.36. The Hall–Kier alpha value is -0.0900. The molecule has 1 aromatic carbocycles. The van der Waals surface area contributed by atoms with Crippen LogP contribution in [0, 0.1) is 12.7 Å². The van der Waals surface area contributed by atoms with Crippen molar-refractivity contribution < 1.29 is 4.39 Å². The SMILES string of the molecule is Cc1cc(C(Cl)c2ccc(Br)cc2F)sc1Cl. The van der Waals surface area contributed by atoms with Crippen LogP contribution in [-0.4, -0.2) is 0 Å². The molecule has 0 nitrogen and oxygen atoms in total. The van der Waals surface area contributed by atoms with Gasteiger partial charge in [-0.05, 0) is 30.7 Å². The number of thiophene rings is 1. The Morgan fingerprint density at radius 2 is 2.06 bits per heavy atom. The van der Waals surface area contributed by atoms with Crippen molar-refractivity contribution in [2.45, 2.75) is 12.3 Å². The summed E-state index contributed by atoms with van der Waals surface area (Å²) in [5.41, 5.74) is 1.43. The summed E-state index contributed by atoms with van der Waals surface area (Å²) < 4.78 is 15.1. The first-order valence-electron chi connectivity index (χ1n) is 4.84. The van der Waals surface area contributed by atoms with Crippen molar-refractivity contribution in [1.82, 2.24) is 0 Å². The molecule has 0 fully saturated rings. The second-order valence-electron chi connectivity index (χ2n) is 3.63. The van der Waals surface area contributed by atoms with Crippen molar-refractivity contribution >= 4 is 50.5 Å². The molecule has 0 aliphatic carbocycles. The van der Waals surface area contributed by atoms with Gasteiger partial charge < -0.3 is 0 Å². The number of benzene rings is 1. The smallest absolute Gasteiger partial charge is 0.129 e. The summed E-state index contributed by atoms with van der Waals surface area (Å²) in [5.74, 6) is -0.318. The van der Waals surface area contributed by atoms with Crippen molar-refractivity contribution in [2.24, 2.45) is 0 Å². The lowest BCUT2D eigenvalue weighted by molar-refractivity contribution is 0.612. The van der Waals surface area contributed by atoms with Gasteiger partial charge in [-0.25, -0.2) is 4.39 Å². The number of aryl methyl sites for hydroxylation is 1. The highest BCUT2D eigenvalue weighted by Gasteiger charge is 2.18. The monoisotopic (exact) mass is 352 g/mol. The highest BCUT2D eigenvalue weighted by atomic mass is 79.9. The molecule has 0 N–H and O–H groups in total. The van der Waals surface area contributed by atoms with Crippen LogP contribution in [0.2, 0.25) is 4.34 Å². The lowest BCUT2D eigenvalue weighted by Gasteiger charge is -2.09. The molecule has 0 amide bonds.